The molecule has 1 atom stereocenters. The van der Waals surface area contributed by atoms with Crippen molar-refractivity contribution in [3.63, 3.8) is 0 Å². The average molecular weight is 340 g/mol. The summed E-state index contributed by atoms with van der Waals surface area (Å²) in [5.74, 6) is 0.707. The molecule has 0 saturated carbocycles. The van der Waals surface area contributed by atoms with Crippen molar-refractivity contribution in [2.45, 2.75) is 25.2 Å². The summed E-state index contributed by atoms with van der Waals surface area (Å²) in [7, 11) is 0. The quantitative estimate of drug-likeness (QED) is 0.912. The van der Waals surface area contributed by atoms with E-state index >= 15 is 0 Å². The molecule has 0 aliphatic carbocycles. The second-order valence-electron chi connectivity index (χ2n) is 5.42. The number of aromatic nitrogens is 2. The van der Waals surface area contributed by atoms with Gasteiger partial charge in [0.15, 0.2) is 0 Å². The first kappa shape index (κ1) is 13.7. The fraction of sp³-hybridized carbons (Fsp3) is 0.429. The van der Waals surface area contributed by atoms with Crippen molar-refractivity contribution in [3.8, 4) is 11.4 Å². The lowest BCUT2D eigenvalue weighted by molar-refractivity contribution is 0.245. The highest BCUT2D eigenvalue weighted by molar-refractivity contribution is 9.10. The molecule has 1 saturated heterocycles. The lowest BCUT2D eigenvalue weighted by atomic mass is 9.83. The Morgan fingerprint density at radius 3 is 2.95 bits per heavy atom. The summed E-state index contributed by atoms with van der Waals surface area (Å²) in [5, 5.41) is 7.33. The molecule has 20 heavy (non-hydrogen) atoms. The summed E-state index contributed by atoms with van der Waals surface area (Å²) < 4.78 is 19.5. The summed E-state index contributed by atoms with van der Waals surface area (Å²) in [6, 6.07) is 4.58. The SMILES string of the molecule is CC1(c2nc(-c3cc(F)cc(Br)c3)no2)CCCNC1. The van der Waals surface area contributed by atoms with Gasteiger partial charge >= 0.3 is 0 Å². The van der Waals surface area contributed by atoms with E-state index in [1.807, 2.05) is 0 Å². The number of benzene rings is 1. The van der Waals surface area contributed by atoms with Crippen LogP contribution >= 0.6 is 15.9 Å². The molecule has 2 heterocycles. The van der Waals surface area contributed by atoms with Gasteiger partial charge in [-0.3, -0.25) is 0 Å². The molecule has 6 heteroatoms. The fourth-order valence-electron chi connectivity index (χ4n) is 2.51. The number of rotatable bonds is 2. The van der Waals surface area contributed by atoms with Crippen LogP contribution in [0, 0.1) is 5.82 Å². The standard InChI is InChI=1S/C14H15BrFN3O/c1-14(3-2-4-17-8-14)13-18-12(19-20-13)9-5-10(15)7-11(16)6-9/h5-7,17H,2-4,8H2,1H3. The number of nitrogens with one attached hydrogen (secondary N) is 1. The van der Waals surface area contributed by atoms with Crippen molar-refractivity contribution < 1.29 is 8.91 Å². The van der Waals surface area contributed by atoms with E-state index in [1.165, 1.54) is 12.1 Å². The Morgan fingerprint density at radius 1 is 1.40 bits per heavy atom. The first-order chi connectivity index (χ1) is 9.57. The van der Waals surface area contributed by atoms with Crippen LogP contribution in [0.5, 0.6) is 0 Å². The predicted molar refractivity (Wildman–Crippen MR) is 76.8 cm³/mol. The van der Waals surface area contributed by atoms with E-state index in [4.69, 9.17) is 4.52 Å². The van der Waals surface area contributed by atoms with Crippen molar-refractivity contribution in [1.82, 2.24) is 15.5 Å². The van der Waals surface area contributed by atoms with Crippen molar-refractivity contribution in [2.75, 3.05) is 13.1 Å². The number of halogens is 2. The van der Waals surface area contributed by atoms with E-state index in [0.29, 0.717) is 21.8 Å². The monoisotopic (exact) mass is 339 g/mol. The van der Waals surface area contributed by atoms with Gasteiger partial charge in [-0.15, -0.1) is 0 Å². The molecule has 1 N–H and O–H groups in total. The van der Waals surface area contributed by atoms with Gasteiger partial charge in [0.2, 0.25) is 11.7 Å². The van der Waals surface area contributed by atoms with E-state index in [9.17, 15) is 4.39 Å². The Hall–Kier alpha value is -1.27. The van der Waals surface area contributed by atoms with Gasteiger partial charge in [-0.2, -0.15) is 4.98 Å². The maximum absolute atomic E-state index is 13.4. The summed E-state index contributed by atoms with van der Waals surface area (Å²) in [5.41, 5.74) is 0.466. The molecule has 1 aromatic carbocycles. The molecule has 1 fully saturated rings. The van der Waals surface area contributed by atoms with E-state index in [-0.39, 0.29) is 11.2 Å². The molecule has 0 radical (unpaired) electrons. The highest BCUT2D eigenvalue weighted by Gasteiger charge is 2.34. The molecular weight excluding hydrogens is 325 g/mol. The molecule has 3 rings (SSSR count). The van der Waals surface area contributed by atoms with Crippen molar-refractivity contribution in [2.24, 2.45) is 0 Å². The molecule has 2 aromatic rings. The number of piperidine rings is 1. The molecule has 1 aromatic heterocycles. The number of hydrogen-bond acceptors (Lipinski definition) is 4. The van der Waals surface area contributed by atoms with E-state index in [2.05, 4.69) is 38.3 Å². The molecule has 1 unspecified atom stereocenters. The van der Waals surface area contributed by atoms with Crippen LogP contribution in [0.2, 0.25) is 0 Å². The summed E-state index contributed by atoms with van der Waals surface area (Å²) in [4.78, 5) is 4.45. The topological polar surface area (TPSA) is 51.0 Å². The third-order valence-electron chi connectivity index (χ3n) is 3.66. The molecule has 4 nitrogen and oxygen atoms in total. The summed E-state index contributed by atoms with van der Waals surface area (Å²) in [6.45, 7) is 3.95. The van der Waals surface area contributed by atoms with Crippen LogP contribution in [0.15, 0.2) is 27.2 Å². The van der Waals surface area contributed by atoms with Gasteiger partial charge in [0.25, 0.3) is 0 Å². The average Bonchev–Trinajstić information content (AvgIpc) is 2.89. The minimum Gasteiger partial charge on any atom is -0.338 e. The van der Waals surface area contributed by atoms with Gasteiger partial charge in [0.1, 0.15) is 5.82 Å². The van der Waals surface area contributed by atoms with Crippen LogP contribution in [0.3, 0.4) is 0 Å². The van der Waals surface area contributed by atoms with Crippen LogP contribution in [0.25, 0.3) is 11.4 Å². The van der Waals surface area contributed by atoms with Crippen LogP contribution in [-0.2, 0) is 5.41 Å². The predicted octanol–water partition coefficient (Wildman–Crippen LogP) is 3.28. The molecular formula is C14H15BrFN3O. The molecule has 1 aliphatic heterocycles. The fourth-order valence-corrected chi connectivity index (χ4v) is 2.97. The smallest absolute Gasteiger partial charge is 0.234 e. The zero-order chi connectivity index (χ0) is 14.2. The Bertz CT molecular complexity index is 602. The zero-order valence-corrected chi connectivity index (χ0v) is 12.7. The van der Waals surface area contributed by atoms with Gasteiger partial charge in [-0.25, -0.2) is 4.39 Å². The maximum Gasteiger partial charge on any atom is 0.234 e. The van der Waals surface area contributed by atoms with Crippen LogP contribution in [-0.4, -0.2) is 23.2 Å². The van der Waals surface area contributed by atoms with Gasteiger partial charge < -0.3 is 9.84 Å². The Kier molecular flexibility index (Phi) is 3.60. The first-order valence-corrected chi connectivity index (χ1v) is 7.37. The van der Waals surface area contributed by atoms with E-state index in [1.54, 1.807) is 6.07 Å². The van der Waals surface area contributed by atoms with Gasteiger partial charge in [0, 0.05) is 16.6 Å². The van der Waals surface area contributed by atoms with Crippen molar-refractivity contribution >= 4 is 15.9 Å². The molecule has 0 bridgehead atoms. The van der Waals surface area contributed by atoms with Gasteiger partial charge in [0.05, 0.1) is 5.41 Å². The van der Waals surface area contributed by atoms with Crippen LogP contribution in [0.1, 0.15) is 25.7 Å². The van der Waals surface area contributed by atoms with Crippen molar-refractivity contribution in [3.05, 3.63) is 34.4 Å². The summed E-state index contributed by atoms with van der Waals surface area (Å²) >= 11 is 3.27. The highest BCUT2D eigenvalue weighted by atomic mass is 79.9. The Labute approximate surface area is 124 Å². The number of hydrogen-bond donors (Lipinski definition) is 1. The lowest BCUT2D eigenvalue weighted by Gasteiger charge is -2.30. The van der Waals surface area contributed by atoms with Crippen molar-refractivity contribution in [1.29, 1.82) is 0 Å². The molecule has 0 spiro atoms. The maximum atomic E-state index is 13.4. The van der Waals surface area contributed by atoms with Gasteiger partial charge in [-0.05, 0) is 44.5 Å². The third kappa shape index (κ3) is 2.62. The minimum absolute atomic E-state index is 0.145. The van der Waals surface area contributed by atoms with Crippen LogP contribution < -0.4 is 5.32 Å². The Morgan fingerprint density at radius 2 is 2.25 bits per heavy atom. The largest absolute Gasteiger partial charge is 0.338 e. The highest BCUT2D eigenvalue weighted by Crippen LogP contribution is 2.31. The van der Waals surface area contributed by atoms with E-state index < -0.39 is 0 Å². The second kappa shape index (κ2) is 5.26. The Balaban J connectivity index is 1.93. The van der Waals surface area contributed by atoms with Crippen LogP contribution in [0.4, 0.5) is 4.39 Å². The van der Waals surface area contributed by atoms with Gasteiger partial charge in [-0.1, -0.05) is 21.1 Å². The van der Waals surface area contributed by atoms with E-state index in [0.717, 1.165) is 25.9 Å². The molecule has 0 amide bonds. The molecule has 1 aliphatic rings. The third-order valence-corrected chi connectivity index (χ3v) is 4.12. The first-order valence-electron chi connectivity index (χ1n) is 6.58. The zero-order valence-electron chi connectivity index (χ0n) is 11.1. The number of nitrogens with zero attached hydrogens (tertiary/aromatic N) is 2. The second-order valence-corrected chi connectivity index (χ2v) is 6.34. The normalized spacial score (nSPS) is 22.9. The lowest BCUT2D eigenvalue weighted by Crippen LogP contribution is -2.41. The minimum atomic E-state index is -0.328. The molecule has 106 valence electrons. The summed E-state index contributed by atoms with van der Waals surface area (Å²) in [6.07, 6.45) is 2.09.